The summed E-state index contributed by atoms with van der Waals surface area (Å²) in [6.07, 6.45) is 4.72. The Bertz CT molecular complexity index is 857. The lowest BCUT2D eigenvalue weighted by Gasteiger charge is -2.39. The van der Waals surface area contributed by atoms with Gasteiger partial charge in [-0.3, -0.25) is 4.68 Å². The number of hydrogen-bond donors (Lipinski definition) is 1. The van der Waals surface area contributed by atoms with Crippen LogP contribution in [0.2, 0.25) is 0 Å². The lowest BCUT2D eigenvalue weighted by molar-refractivity contribution is 0.00784. The summed E-state index contributed by atoms with van der Waals surface area (Å²) >= 11 is 0. The summed E-state index contributed by atoms with van der Waals surface area (Å²) in [5.74, 6) is 0.433. The lowest BCUT2D eigenvalue weighted by Crippen LogP contribution is -2.50. The number of likely N-dealkylation sites (tertiary alicyclic amines) is 1. The molecular weight excluding hydrogens is 334 g/mol. The van der Waals surface area contributed by atoms with Crippen molar-refractivity contribution in [2.45, 2.75) is 32.3 Å². The molecule has 0 unspecified atom stereocenters. The fraction of sp³-hybridized carbons (Fsp3) is 0.471. The van der Waals surface area contributed by atoms with Gasteiger partial charge in [-0.25, -0.2) is 14.8 Å². The number of nitrogens with zero attached hydrogens (tertiary/aromatic N) is 6. The van der Waals surface area contributed by atoms with Crippen LogP contribution in [0.1, 0.15) is 38.1 Å². The molecule has 1 aliphatic rings. The number of ether oxygens (including phenoxy) is 1. The molecule has 1 amide bonds. The van der Waals surface area contributed by atoms with E-state index in [-0.39, 0.29) is 17.7 Å². The van der Waals surface area contributed by atoms with Crippen LogP contribution in [0, 0.1) is 11.3 Å². The number of aryl methyl sites for hydroxylation is 1. The summed E-state index contributed by atoms with van der Waals surface area (Å²) in [7, 11) is 1.80. The molecule has 1 aliphatic heterocycles. The summed E-state index contributed by atoms with van der Waals surface area (Å²) in [5.41, 5.74) is 1.11. The summed E-state index contributed by atoms with van der Waals surface area (Å²) < 4.78 is 6.99. The number of carbonyl (C=O) groups is 1. The van der Waals surface area contributed by atoms with Gasteiger partial charge in [0.2, 0.25) is 0 Å². The standard InChI is InChI=1S/C17H21N7O2/c1-17(2,3)26-16(25)24-8-11(9-24)14-7-19-15(13(5-18)22-14)21-12-6-20-23(4)10-12/h6-7,10-11H,8-9H2,1-4H3,(H,19,21). The second kappa shape index (κ2) is 6.63. The van der Waals surface area contributed by atoms with Gasteiger partial charge < -0.3 is 15.0 Å². The molecule has 26 heavy (non-hydrogen) atoms. The summed E-state index contributed by atoms with van der Waals surface area (Å²) in [6, 6.07) is 2.06. The van der Waals surface area contributed by atoms with E-state index in [1.165, 1.54) is 0 Å². The van der Waals surface area contributed by atoms with Crippen LogP contribution in [-0.4, -0.2) is 49.4 Å². The number of amides is 1. The molecule has 1 N–H and O–H groups in total. The zero-order valence-electron chi connectivity index (χ0n) is 15.2. The molecule has 0 bridgehead atoms. The Hall–Kier alpha value is -3.15. The van der Waals surface area contributed by atoms with Gasteiger partial charge in [0.15, 0.2) is 11.5 Å². The third kappa shape index (κ3) is 3.91. The molecule has 0 aliphatic carbocycles. The van der Waals surface area contributed by atoms with E-state index >= 15 is 0 Å². The Balaban J connectivity index is 1.66. The van der Waals surface area contributed by atoms with Crippen molar-refractivity contribution in [1.29, 1.82) is 5.26 Å². The highest BCUT2D eigenvalue weighted by atomic mass is 16.6. The van der Waals surface area contributed by atoms with E-state index in [0.29, 0.717) is 24.6 Å². The number of nitriles is 1. The molecular formula is C17H21N7O2. The zero-order valence-corrected chi connectivity index (χ0v) is 15.2. The molecule has 9 heteroatoms. The van der Waals surface area contributed by atoms with Gasteiger partial charge in [-0.05, 0) is 20.8 Å². The van der Waals surface area contributed by atoms with Gasteiger partial charge in [0.05, 0.1) is 23.8 Å². The third-order valence-corrected chi connectivity index (χ3v) is 3.82. The minimum atomic E-state index is -0.518. The summed E-state index contributed by atoms with van der Waals surface area (Å²) in [4.78, 5) is 22.3. The van der Waals surface area contributed by atoms with E-state index in [9.17, 15) is 10.1 Å². The maximum Gasteiger partial charge on any atom is 0.410 e. The van der Waals surface area contributed by atoms with Crippen molar-refractivity contribution < 1.29 is 9.53 Å². The average Bonchev–Trinajstić information content (AvgIpc) is 2.90. The van der Waals surface area contributed by atoms with Gasteiger partial charge >= 0.3 is 6.09 Å². The van der Waals surface area contributed by atoms with Gasteiger partial charge in [-0.15, -0.1) is 0 Å². The van der Waals surface area contributed by atoms with Crippen molar-refractivity contribution in [3.8, 4) is 6.07 Å². The van der Waals surface area contributed by atoms with Crippen molar-refractivity contribution >= 4 is 17.6 Å². The Morgan fingerprint density at radius 2 is 2.12 bits per heavy atom. The normalized spacial score (nSPS) is 14.5. The van der Waals surface area contributed by atoms with Crippen molar-refractivity contribution in [3.05, 3.63) is 30.0 Å². The minimum Gasteiger partial charge on any atom is -0.444 e. The number of carbonyl (C=O) groups excluding carboxylic acids is 1. The first kappa shape index (κ1) is 17.7. The smallest absolute Gasteiger partial charge is 0.410 e. The van der Waals surface area contributed by atoms with Crippen LogP contribution in [0.5, 0.6) is 0 Å². The largest absolute Gasteiger partial charge is 0.444 e. The molecule has 1 saturated heterocycles. The molecule has 0 saturated carbocycles. The van der Waals surface area contributed by atoms with Crippen LogP contribution in [-0.2, 0) is 11.8 Å². The van der Waals surface area contributed by atoms with E-state index in [0.717, 1.165) is 5.69 Å². The molecule has 0 atom stereocenters. The van der Waals surface area contributed by atoms with E-state index in [1.807, 2.05) is 20.8 Å². The van der Waals surface area contributed by atoms with Crippen LogP contribution in [0.4, 0.5) is 16.3 Å². The van der Waals surface area contributed by atoms with Crippen molar-refractivity contribution in [2.24, 2.45) is 7.05 Å². The topological polar surface area (TPSA) is 109 Å². The molecule has 136 valence electrons. The first-order chi connectivity index (χ1) is 12.2. The second-order valence-electron chi connectivity index (χ2n) is 7.21. The Kier molecular flexibility index (Phi) is 4.50. The van der Waals surface area contributed by atoms with E-state index < -0.39 is 5.60 Å². The molecule has 2 aromatic heterocycles. The maximum absolute atomic E-state index is 12.0. The summed E-state index contributed by atoms with van der Waals surface area (Å²) in [6.45, 7) is 6.51. The van der Waals surface area contributed by atoms with Crippen molar-refractivity contribution in [1.82, 2.24) is 24.6 Å². The van der Waals surface area contributed by atoms with Crippen LogP contribution in [0.3, 0.4) is 0 Å². The third-order valence-electron chi connectivity index (χ3n) is 3.82. The molecule has 1 fully saturated rings. The van der Waals surface area contributed by atoms with Crippen LogP contribution < -0.4 is 5.32 Å². The lowest BCUT2D eigenvalue weighted by atomic mass is 9.97. The van der Waals surface area contributed by atoms with Gasteiger partial charge in [0.1, 0.15) is 11.7 Å². The van der Waals surface area contributed by atoms with Gasteiger partial charge in [-0.1, -0.05) is 0 Å². The molecule has 2 aromatic rings. The monoisotopic (exact) mass is 355 g/mol. The van der Waals surface area contributed by atoms with Gasteiger partial charge in [-0.2, -0.15) is 10.4 Å². The first-order valence-electron chi connectivity index (χ1n) is 8.26. The van der Waals surface area contributed by atoms with E-state index in [4.69, 9.17) is 4.74 Å². The Morgan fingerprint density at radius 1 is 1.38 bits per heavy atom. The van der Waals surface area contributed by atoms with Gasteiger partial charge in [0.25, 0.3) is 0 Å². The SMILES string of the molecule is Cn1cc(Nc2ncc(C3CN(C(=O)OC(C)(C)C)C3)nc2C#N)cn1. The molecule has 0 radical (unpaired) electrons. The zero-order chi connectivity index (χ0) is 18.9. The quantitative estimate of drug-likeness (QED) is 0.898. The predicted octanol–water partition coefficient (Wildman–Crippen LogP) is 2.16. The predicted molar refractivity (Wildman–Crippen MR) is 93.8 cm³/mol. The molecule has 0 aromatic carbocycles. The fourth-order valence-electron chi connectivity index (χ4n) is 2.53. The van der Waals surface area contributed by atoms with Crippen molar-refractivity contribution in [2.75, 3.05) is 18.4 Å². The average molecular weight is 355 g/mol. The van der Waals surface area contributed by atoms with E-state index in [1.54, 1.807) is 35.2 Å². The molecule has 0 spiro atoms. The Labute approximate surface area is 151 Å². The van der Waals surface area contributed by atoms with Gasteiger partial charge in [0, 0.05) is 32.3 Å². The number of anilines is 2. The second-order valence-corrected chi connectivity index (χ2v) is 7.21. The van der Waals surface area contributed by atoms with Crippen LogP contribution in [0.25, 0.3) is 0 Å². The highest BCUT2D eigenvalue weighted by Gasteiger charge is 2.35. The minimum absolute atomic E-state index is 0.0505. The first-order valence-corrected chi connectivity index (χ1v) is 8.26. The number of rotatable bonds is 3. The van der Waals surface area contributed by atoms with Crippen LogP contribution >= 0.6 is 0 Å². The molecule has 3 rings (SSSR count). The number of nitrogens with one attached hydrogen (secondary N) is 1. The molecule has 3 heterocycles. The molecule has 9 nitrogen and oxygen atoms in total. The maximum atomic E-state index is 12.0. The highest BCUT2D eigenvalue weighted by Crippen LogP contribution is 2.28. The van der Waals surface area contributed by atoms with Crippen molar-refractivity contribution in [3.63, 3.8) is 0 Å². The van der Waals surface area contributed by atoms with Crippen LogP contribution in [0.15, 0.2) is 18.6 Å². The summed E-state index contributed by atoms with van der Waals surface area (Å²) in [5, 5.41) is 16.5. The number of hydrogen-bond acceptors (Lipinski definition) is 7. The van der Waals surface area contributed by atoms with E-state index in [2.05, 4.69) is 26.5 Å². The number of aromatic nitrogens is 4. The fourth-order valence-corrected chi connectivity index (χ4v) is 2.53. The Morgan fingerprint density at radius 3 is 2.69 bits per heavy atom. The highest BCUT2D eigenvalue weighted by molar-refractivity contribution is 5.69.